The van der Waals surface area contributed by atoms with Crippen LogP contribution in [0.4, 0.5) is 0 Å². The molecule has 0 fully saturated rings. The summed E-state index contributed by atoms with van der Waals surface area (Å²) in [6.45, 7) is 5.13. The lowest BCUT2D eigenvalue weighted by molar-refractivity contribution is -0.132. The van der Waals surface area contributed by atoms with Crippen LogP contribution in [-0.4, -0.2) is 32.5 Å². The predicted octanol–water partition coefficient (Wildman–Crippen LogP) is 2.75. The van der Waals surface area contributed by atoms with E-state index in [0.29, 0.717) is 25.9 Å². The Labute approximate surface area is 145 Å². The maximum atomic E-state index is 12.6. The third kappa shape index (κ3) is 2.99. The molecule has 4 rings (SSSR count). The Morgan fingerprint density at radius 2 is 2.24 bits per heavy atom. The van der Waals surface area contributed by atoms with E-state index >= 15 is 0 Å². The fraction of sp³-hybridized carbons (Fsp3) is 0.368. The van der Waals surface area contributed by atoms with Gasteiger partial charge < -0.3 is 9.42 Å². The third-order valence-electron chi connectivity index (χ3n) is 4.86. The van der Waals surface area contributed by atoms with Crippen molar-refractivity contribution in [2.24, 2.45) is 0 Å². The zero-order valence-corrected chi connectivity index (χ0v) is 14.5. The number of amides is 1. The highest BCUT2D eigenvalue weighted by Gasteiger charge is 2.22. The Kier molecular flexibility index (Phi) is 3.95. The summed E-state index contributed by atoms with van der Waals surface area (Å²) in [7, 11) is 0. The molecule has 128 valence electrons. The summed E-state index contributed by atoms with van der Waals surface area (Å²) in [5.74, 6) is 0.967. The standard InChI is InChI=1S/C19H20N4O2/c1-12-16(13(2)25-22-12)5-6-18(24)23-9-7-17-15(11-23)10-14-4-3-8-20-19(14)21-17/h3-4,8,10H,5-7,9,11H2,1-2H3. The van der Waals surface area contributed by atoms with Crippen LogP contribution in [0.15, 0.2) is 28.9 Å². The van der Waals surface area contributed by atoms with Gasteiger partial charge in [0.25, 0.3) is 0 Å². The number of aryl methyl sites for hydroxylation is 2. The molecular formula is C19H20N4O2. The highest BCUT2D eigenvalue weighted by molar-refractivity contribution is 5.78. The molecule has 0 aliphatic carbocycles. The zero-order valence-electron chi connectivity index (χ0n) is 14.5. The largest absolute Gasteiger partial charge is 0.361 e. The van der Waals surface area contributed by atoms with Gasteiger partial charge in [-0.05, 0) is 44.0 Å². The predicted molar refractivity (Wildman–Crippen MR) is 93.0 cm³/mol. The maximum Gasteiger partial charge on any atom is 0.223 e. The molecule has 0 atom stereocenters. The van der Waals surface area contributed by atoms with Gasteiger partial charge in [-0.2, -0.15) is 0 Å². The molecule has 3 aromatic rings. The van der Waals surface area contributed by atoms with Crippen LogP contribution in [0.25, 0.3) is 11.0 Å². The van der Waals surface area contributed by atoms with Crippen LogP contribution in [-0.2, 0) is 24.2 Å². The van der Waals surface area contributed by atoms with Gasteiger partial charge in [-0.1, -0.05) is 5.16 Å². The van der Waals surface area contributed by atoms with E-state index in [-0.39, 0.29) is 5.91 Å². The average Bonchev–Trinajstić information content (AvgIpc) is 2.95. The van der Waals surface area contributed by atoms with E-state index in [1.165, 1.54) is 0 Å². The van der Waals surface area contributed by atoms with Gasteiger partial charge >= 0.3 is 0 Å². The normalized spacial score (nSPS) is 13.9. The number of rotatable bonds is 3. The molecule has 0 bridgehead atoms. The summed E-state index contributed by atoms with van der Waals surface area (Å²) in [5, 5.41) is 4.97. The van der Waals surface area contributed by atoms with Crippen molar-refractivity contribution in [3.63, 3.8) is 0 Å². The zero-order chi connectivity index (χ0) is 17.4. The highest BCUT2D eigenvalue weighted by atomic mass is 16.5. The van der Waals surface area contributed by atoms with Gasteiger partial charge in [0, 0.05) is 48.8 Å². The molecule has 0 unspecified atom stereocenters. The van der Waals surface area contributed by atoms with Crippen molar-refractivity contribution in [2.75, 3.05) is 6.54 Å². The molecule has 0 radical (unpaired) electrons. The van der Waals surface area contributed by atoms with Gasteiger partial charge in [0.05, 0.1) is 5.69 Å². The minimum Gasteiger partial charge on any atom is -0.361 e. The lowest BCUT2D eigenvalue weighted by atomic mass is 10.0. The van der Waals surface area contributed by atoms with Crippen molar-refractivity contribution in [2.45, 2.75) is 39.7 Å². The molecule has 0 aromatic carbocycles. The number of carbonyl (C=O) groups is 1. The molecule has 1 aliphatic rings. The summed E-state index contributed by atoms with van der Waals surface area (Å²) in [5.41, 5.74) is 4.87. The first-order valence-corrected chi connectivity index (χ1v) is 8.55. The van der Waals surface area contributed by atoms with Crippen molar-refractivity contribution >= 4 is 16.9 Å². The molecule has 3 aromatic heterocycles. The maximum absolute atomic E-state index is 12.6. The topological polar surface area (TPSA) is 72.1 Å². The molecule has 0 N–H and O–H groups in total. The highest BCUT2D eigenvalue weighted by Crippen LogP contribution is 2.22. The molecule has 1 aliphatic heterocycles. The van der Waals surface area contributed by atoms with Gasteiger partial charge in [0.15, 0.2) is 5.65 Å². The fourth-order valence-corrected chi connectivity index (χ4v) is 3.43. The summed E-state index contributed by atoms with van der Waals surface area (Å²) in [4.78, 5) is 23.5. The van der Waals surface area contributed by atoms with Crippen LogP contribution in [0, 0.1) is 13.8 Å². The van der Waals surface area contributed by atoms with Crippen molar-refractivity contribution < 1.29 is 9.32 Å². The van der Waals surface area contributed by atoms with E-state index in [1.807, 2.05) is 30.9 Å². The Morgan fingerprint density at radius 1 is 1.36 bits per heavy atom. The summed E-state index contributed by atoms with van der Waals surface area (Å²) in [6.07, 6.45) is 3.68. The molecule has 6 nitrogen and oxygen atoms in total. The van der Waals surface area contributed by atoms with Crippen molar-refractivity contribution in [1.82, 2.24) is 20.0 Å². The second-order valence-corrected chi connectivity index (χ2v) is 6.51. The van der Waals surface area contributed by atoms with Crippen LogP contribution >= 0.6 is 0 Å². The quantitative estimate of drug-likeness (QED) is 0.735. The van der Waals surface area contributed by atoms with Gasteiger partial charge in [-0.25, -0.2) is 9.97 Å². The smallest absolute Gasteiger partial charge is 0.223 e. The van der Waals surface area contributed by atoms with E-state index < -0.39 is 0 Å². The fourth-order valence-electron chi connectivity index (χ4n) is 3.43. The molecule has 6 heteroatoms. The van der Waals surface area contributed by atoms with Crippen molar-refractivity contribution in [3.05, 3.63) is 52.7 Å². The Bertz CT molecular complexity index is 928. The molecule has 4 heterocycles. The Hall–Kier alpha value is -2.76. The van der Waals surface area contributed by atoms with E-state index in [1.54, 1.807) is 6.20 Å². The minimum atomic E-state index is 0.164. The first kappa shape index (κ1) is 15.7. The second-order valence-electron chi connectivity index (χ2n) is 6.51. The number of aromatic nitrogens is 3. The van der Waals surface area contributed by atoms with E-state index in [0.717, 1.165) is 45.7 Å². The number of hydrogen-bond acceptors (Lipinski definition) is 5. The number of pyridine rings is 2. The lowest BCUT2D eigenvalue weighted by Crippen LogP contribution is -2.36. The van der Waals surface area contributed by atoms with E-state index in [2.05, 4.69) is 21.2 Å². The monoisotopic (exact) mass is 336 g/mol. The summed E-state index contributed by atoms with van der Waals surface area (Å²) >= 11 is 0. The first-order valence-electron chi connectivity index (χ1n) is 8.55. The van der Waals surface area contributed by atoms with Gasteiger partial charge in [-0.3, -0.25) is 4.79 Å². The van der Waals surface area contributed by atoms with Crippen LogP contribution in [0.2, 0.25) is 0 Å². The number of hydrogen-bond donors (Lipinski definition) is 0. The van der Waals surface area contributed by atoms with E-state index in [4.69, 9.17) is 4.52 Å². The molecule has 0 saturated carbocycles. The van der Waals surface area contributed by atoms with Crippen LogP contribution in [0.5, 0.6) is 0 Å². The third-order valence-corrected chi connectivity index (χ3v) is 4.86. The van der Waals surface area contributed by atoms with Gasteiger partial charge in [0.2, 0.25) is 5.91 Å². The number of fused-ring (bicyclic) bond motifs is 2. The van der Waals surface area contributed by atoms with Gasteiger partial charge in [-0.15, -0.1) is 0 Å². The van der Waals surface area contributed by atoms with E-state index in [9.17, 15) is 4.79 Å². The second kappa shape index (κ2) is 6.27. The Balaban J connectivity index is 1.48. The van der Waals surface area contributed by atoms with Crippen LogP contribution in [0.3, 0.4) is 0 Å². The average molecular weight is 336 g/mol. The van der Waals surface area contributed by atoms with Crippen LogP contribution in [0.1, 0.15) is 34.7 Å². The minimum absolute atomic E-state index is 0.164. The molecule has 0 spiro atoms. The molecule has 1 amide bonds. The first-order chi connectivity index (χ1) is 12.1. The van der Waals surface area contributed by atoms with Crippen molar-refractivity contribution in [1.29, 1.82) is 0 Å². The lowest BCUT2D eigenvalue weighted by Gasteiger charge is -2.28. The number of carbonyl (C=O) groups excluding carboxylic acids is 1. The van der Waals surface area contributed by atoms with Crippen LogP contribution < -0.4 is 0 Å². The molecular weight excluding hydrogens is 316 g/mol. The molecule has 0 saturated heterocycles. The van der Waals surface area contributed by atoms with Gasteiger partial charge in [0.1, 0.15) is 5.76 Å². The SMILES string of the molecule is Cc1noc(C)c1CCC(=O)N1CCc2nc3ncccc3cc2C1. The summed E-state index contributed by atoms with van der Waals surface area (Å²) in [6, 6.07) is 6.03. The summed E-state index contributed by atoms with van der Waals surface area (Å²) < 4.78 is 5.17. The Morgan fingerprint density at radius 3 is 3.04 bits per heavy atom. The molecule has 25 heavy (non-hydrogen) atoms. The van der Waals surface area contributed by atoms with Crippen molar-refractivity contribution in [3.8, 4) is 0 Å². The number of nitrogens with zero attached hydrogens (tertiary/aromatic N) is 4.